The van der Waals surface area contributed by atoms with E-state index in [1.807, 2.05) is 6.92 Å². The molecule has 0 spiro atoms. The van der Waals surface area contributed by atoms with Crippen LogP contribution in [0.3, 0.4) is 0 Å². The SMILES string of the molecule is CC(C)NS(=O)(=O)CCNC(=O)C1CCCCC1(C)N. The highest BCUT2D eigenvalue weighted by Crippen LogP contribution is 2.31. The second kappa shape index (κ2) is 6.87. The number of hydrogen-bond donors (Lipinski definition) is 3. The van der Waals surface area contributed by atoms with E-state index in [4.69, 9.17) is 5.73 Å². The molecule has 118 valence electrons. The molecule has 2 atom stereocenters. The van der Waals surface area contributed by atoms with E-state index in [9.17, 15) is 13.2 Å². The van der Waals surface area contributed by atoms with Gasteiger partial charge in [-0.15, -0.1) is 0 Å². The van der Waals surface area contributed by atoms with Gasteiger partial charge >= 0.3 is 0 Å². The highest BCUT2D eigenvalue weighted by Gasteiger charge is 2.37. The van der Waals surface area contributed by atoms with Gasteiger partial charge in [-0.1, -0.05) is 12.8 Å². The summed E-state index contributed by atoms with van der Waals surface area (Å²) in [5, 5.41) is 2.70. The van der Waals surface area contributed by atoms with E-state index in [-0.39, 0.29) is 30.2 Å². The summed E-state index contributed by atoms with van der Waals surface area (Å²) in [5.41, 5.74) is 5.67. The van der Waals surface area contributed by atoms with Crippen molar-refractivity contribution in [3.63, 3.8) is 0 Å². The lowest BCUT2D eigenvalue weighted by Crippen LogP contribution is -2.53. The first-order chi connectivity index (χ1) is 9.14. The summed E-state index contributed by atoms with van der Waals surface area (Å²) in [4.78, 5) is 12.1. The number of nitrogens with two attached hydrogens (primary N) is 1. The Bertz CT molecular complexity index is 432. The van der Waals surface area contributed by atoms with Crippen LogP contribution >= 0.6 is 0 Å². The van der Waals surface area contributed by atoms with Gasteiger partial charge in [0.1, 0.15) is 0 Å². The van der Waals surface area contributed by atoms with Gasteiger partial charge in [0.25, 0.3) is 0 Å². The van der Waals surface area contributed by atoms with Gasteiger partial charge in [-0.25, -0.2) is 13.1 Å². The molecule has 0 saturated heterocycles. The third-order valence-corrected chi connectivity index (χ3v) is 5.23. The molecule has 0 radical (unpaired) electrons. The summed E-state index contributed by atoms with van der Waals surface area (Å²) in [7, 11) is -3.33. The van der Waals surface area contributed by atoms with Crippen molar-refractivity contribution in [2.75, 3.05) is 12.3 Å². The zero-order valence-corrected chi connectivity index (χ0v) is 13.4. The molecule has 0 heterocycles. The third-order valence-electron chi connectivity index (χ3n) is 3.66. The first-order valence-corrected chi connectivity index (χ1v) is 8.86. The number of amides is 1. The second-order valence-electron chi connectivity index (χ2n) is 6.19. The highest BCUT2D eigenvalue weighted by atomic mass is 32.2. The van der Waals surface area contributed by atoms with Crippen molar-refractivity contribution in [3.05, 3.63) is 0 Å². The number of hydrogen-bond acceptors (Lipinski definition) is 4. The molecule has 1 saturated carbocycles. The molecule has 0 aromatic heterocycles. The van der Waals surface area contributed by atoms with Crippen LogP contribution in [0.25, 0.3) is 0 Å². The Morgan fingerprint density at radius 1 is 1.40 bits per heavy atom. The third kappa shape index (κ3) is 5.38. The van der Waals surface area contributed by atoms with Crippen LogP contribution in [0, 0.1) is 5.92 Å². The molecular weight excluding hydrogens is 278 g/mol. The van der Waals surface area contributed by atoms with Crippen LogP contribution in [-0.2, 0) is 14.8 Å². The van der Waals surface area contributed by atoms with Crippen molar-refractivity contribution in [2.45, 2.75) is 58.0 Å². The molecule has 0 aromatic rings. The molecule has 20 heavy (non-hydrogen) atoms. The van der Waals surface area contributed by atoms with Crippen molar-refractivity contribution in [3.8, 4) is 0 Å². The molecule has 1 aliphatic carbocycles. The Kier molecular flexibility index (Phi) is 5.97. The van der Waals surface area contributed by atoms with Crippen molar-refractivity contribution in [2.24, 2.45) is 11.7 Å². The predicted molar refractivity (Wildman–Crippen MR) is 79.6 cm³/mol. The fraction of sp³-hybridized carbons (Fsp3) is 0.923. The Hall–Kier alpha value is -0.660. The number of nitrogens with one attached hydrogen (secondary N) is 2. The van der Waals surface area contributed by atoms with Crippen LogP contribution in [0.15, 0.2) is 0 Å². The van der Waals surface area contributed by atoms with E-state index in [1.54, 1.807) is 13.8 Å². The highest BCUT2D eigenvalue weighted by molar-refractivity contribution is 7.89. The average molecular weight is 305 g/mol. The first-order valence-electron chi connectivity index (χ1n) is 7.21. The minimum Gasteiger partial charge on any atom is -0.355 e. The number of carbonyl (C=O) groups is 1. The average Bonchev–Trinajstić information content (AvgIpc) is 2.25. The zero-order chi connectivity index (χ0) is 15.4. The fourth-order valence-corrected chi connectivity index (χ4v) is 3.85. The maximum Gasteiger partial charge on any atom is 0.224 e. The van der Waals surface area contributed by atoms with Gasteiger partial charge < -0.3 is 11.1 Å². The lowest BCUT2D eigenvalue weighted by Gasteiger charge is -2.37. The Morgan fingerprint density at radius 2 is 2.05 bits per heavy atom. The van der Waals surface area contributed by atoms with Gasteiger partial charge in [0, 0.05) is 18.1 Å². The zero-order valence-electron chi connectivity index (χ0n) is 12.6. The standard InChI is InChI=1S/C13H27N3O3S/c1-10(2)16-20(18,19)9-8-15-12(17)11-6-4-5-7-13(11,3)14/h10-11,16H,4-9,14H2,1-3H3,(H,15,17). The minimum atomic E-state index is -3.33. The summed E-state index contributed by atoms with van der Waals surface area (Å²) < 4.78 is 25.8. The smallest absolute Gasteiger partial charge is 0.224 e. The molecule has 0 aromatic carbocycles. The van der Waals surface area contributed by atoms with Crippen molar-refractivity contribution < 1.29 is 13.2 Å². The van der Waals surface area contributed by atoms with Crippen LogP contribution in [0.2, 0.25) is 0 Å². The molecule has 1 rings (SSSR count). The molecule has 0 bridgehead atoms. The maximum atomic E-state index is 12.1. The van der Waals surface area contributed by atoms with Crippen molar-refractivity contribution in [1.29, 1.82) is 0 Å². The molecule has 0 aliphatic heterocycles. The van der Waals surface area contributed by atoms with Crippen molar-refractivity contribution >= 4 is 15.9 Å². The van der Waals surface area contributed by atoms with E-state index >= 15 is 0 Å². The topological polar surface area (TPSA) is 101 Å². The summed E-state index contributed by atoms with van der Waals surface area (Å²) in [6.45, 7) is 5.54. The number of sulfonamides is 1. The molecule has 6 nitrogen and oxygen atoms in total. The molecule has 1 amide bonds. The van der Waals surface area contributed by atoms with E-state index < -0.39 is 15.6 Å². The van der Waals surface area contributed by atoms with Crippen LogP contribution in [0.5, 0.6) is 0 Å². The lowest BCUT2D eigenvalue weighted by molar-refractivity contribution is -0.127. The first kappa shape index (κ1) is 17.4. The molecule has 4 N–H and O–H groups in total. The second-order valence-corrected chi connectivity index (χ2v) is 8.06. The number of carbonyl (C=O) groups excluding carboxylic acids is 1. The molecular formula is C13H27N3O3S. The summed E-state index contributed by atoms with van der Waals surface area (Å²) in [6.07, 6.45) is 3.65. The Balaban J connectivity index is 2.44. The Morgan fingerprint density at radius 3 is 2.60 bits per heavy atom. The summed E-state index contributed by atoms with van der Waals surface area (Å²) in [6, 6.07) is -0.138. The molecule has 7 heteroatoms. The van der Waals surface area contributed by atoms with Gasteiger partial charge in [-0.2, -0.15) is 0 Å². The molecule has 1 aliphatic rings. The van der Waals surface area contributed by atoms with E-state index in [2.05, 4.69) is 10.0 Å². The van der Waals surface area contributed by atoms with Gasteiger partial charge in [-0.3, -0.25) is 4.79 Å². The number of rotatable bonds is 6. The Labute approximate surface area is 121 Å². The van der Waals surface area contributed by atoms with Gasteiger partial charge in [0.2, 0.25) is 15.9 Å². The molecule has 1 fully saturated rings. The monoisotopic (exact) mass is 305 g/mol. The largest absolute Gasteiger partial charge is 0.355 e. The van der Waals surface area contributed by atoms with Crippen LogP contribution in [-0.4, -0.2) is 38.2 Å². The molecule has 2 unspecified atom stereocenters. The fourth-order valence-electron chi connectivity index (χ4n) is 2.64. The van der Waals surface area contributed by atoms with E-state index in [0.717, 1.165) is 25.7 Å². The van der Waals surface area contributed by atoms with Crippen molar-refractivity contribution in [1.82, 2.24) is 10.0 Å². The van der Waals surface area contributed by atoms with Gasteiger partial charge in [0.15, 0.2) is 0 Å². The summed E-state index contributed by atoms with van der Waals surface area (Å²) >= 11 is 0. The normalized spacial score (nSPS) is 27.6. The van der Waals surface area contributed by atoms with Crippen LogP contribution < -0.4 is 15.8 Å². The maximum absolute atomic E-state index is 12.1. The van der Waals surface area contributed by atoms with E-state index in [0.29, 0.717) is 0 Å². The van der Waals surface area contributed by atoms with Crippen LogP contribution in [0.4, 0.5) is 0 Å². The quantitative estimate of drug-likeness (QED) is 0.658. The predicted octanol–water partition coefficient (Wildman–Crippen LogP) is 0.338. The van der Waals surface area contributed by atoms with Gasteiger partial charge in [-0.05, 0) is 33.6 Å². The summed E-state index contributed by atoms with van der Waals surface area (Å²) in [5.74, 6) is -0.461. The van der Waals surface area contributed by atoms with E-state index in [1.165, 1.54) is 0 Å². The minimum absolute atomic E-state index is 0.106. The van der Waals surface area contributed by atoms with Crippen LogP contribution in [0.1, 0.15) is 46.5 Å². The lowest BCUT2D eigenvalue weighted by atomic mass is 9.74. The van der Waals surface area contributed by atoms with Gasteiger partial charge in [0.05, 0.1) is 11.7 Å².